The van der Waals surface area contributed by atoms with Gasteiger partial charge in [0.05, 0.1) is 48.0 Å². The zero-order valence-electron chi connectivity index (χ0n) is 54.6. The predicted octanol–water partition coefficient (Wildman–Crippen LogP) is 16.7. The lowest BCUT2D eigenvalue weighted by molar-refractivity contribution is 0.0980. The van der Waals surface area contributed by atoms with Crippen molar-refractivity contribution in [2.75, 3.05) is 0 Å². The van der Waals surface area contributed by atoms with Crippen molar-refractivity contribution in [2.24, 2.45) is 0 Å². The molecule has 105 heavy (non-hydrogen) atoms. The standard InChI is InChI=1S/C23H12N2O2.C21H10O3S.C15H8N2O2.C14H8N2O.C14H7NOS/c26-22-14-7-2-1-6-13(14)17-12-20-24-18-10-4-3-8-15(18)23(27)25(20)19-11-5-9-16(22)21(17)19;22-18-11-5-1-2-6-12(11)20(24)17-14(18)9-10-15-19(23)13-7-3-4-8-16(13)25-21(15)17;18-14-9-5-2-1-4-8(9)13-12-10(14)6-3-7-11(12)15(19)17-16-13;17-14-9-5-2-1-4-8(9)13-12-10(14)6-3-7-11(12)15-16-13;16-14-9-5-2-1-4-8(9)13-12-10(14)6-3-7-11(12)17-15-13/h1-12H;1-10H;1-7H,(H,17,19);1-7H,(H,15,16);1-7H. The summed E-state index contributed by atoms with van der Waals surface area (Å²) in [4.78, 5) is 119. The third kappa shape index (κ3) is 9.47. The van der Waals surface area contributed by atoms with Crippen molar-refractivity contribution in [3.05, 3.63) is 358 Å². The molecule has 494 valence electrons. The molecule has 6 aromatic heterocycles. The Labute approximate surface area is 598 Å². The van der Waals surface area contributed by atoms with E-state index in [0.29, 0.717) is 98.2 Å². The van der Waals surface area contributed by atoms with Gasteiger partial charge in [-0.15, -0.1) is 11.3 Å². The Morgan fingerprint density at radius 2 is 0.790 bits per heavy atom. The fraction of sp³-hybridized carbons (Fsp3) is 0. The minimum Gasteiger partial charge on any atom is -0.289 e. The predicted molar refractivity (Wildman–Crippen MR) is 413 cm³/mol. The Balaban J connectivity index is 0.0000000912. The molecule has 0 atom stereocenters. The zero-order valence-corrected chi connectivity index (χ0v) is 56.2. The Hall–Kier alpha value is -14.1. The molecular weight excluding hydrogens is 1350 g/mol. The fourth-order valence-electron chi connectivity index (χ4n) is 15.1. The van der Waals surface area contributed by atoms with Gasteiger partial charge in [-0.25, -0.2) is 10.1 Å². The van der Waals surface area contributed by atoms with Crippen molar-refractivity contribution >= 4 is 153 Å². The number of rotatable bonds is 0. The van der Waals surface area contributed by atoms with E-state index in [9.17, 15) is 43.2 Å². The third-order valence-corrected chi connectivity index (χ3v) is 21.9. The van der Waals surface area contributed by atoms with E-state index in [4.69, 9.17) is 4.98 Å². The highest BCUT2D eigenvalue weighted by atomic mass is 32.1. The number of hydrogen-bond donors (Lipinski definition) is 2. The summed E-state index contributed by atoms with van der Waals surface area (Å²) in [5.74, 6) is -0.221. The number of H-pyrrole nitrogens is 2. The van der Waals surface area contributed by atoms with E-state index in [1.165, 1.54) is 22.9 Å². The average molecular weight is 1400 g/mol. The molecule has 2 N–H and O–H groups in total. The van der Waals surface area contributed by atoms with Crippen LogP contribution in [-0.2, 0) is 0 Å². The smallest absolute Gasteiger partial charge is 0.272 e. The van der Waals surface area contributed by atoms with E-state index in [2.05, 4.69) is 24.8 Å². The first kappa shape index (κ1) is 62.0. The largest absolute Gasteiger partial charge is 0.289 e. The van der Waals surface area contributed by atoms with Gasteiger partial charge in [-0.1, -0.05) is 194 Å². The van der Waals surface area contributed by atoms with Crippen molar-refractivity contribution in [1.29, 1.82) is 0 Å². The highest BCUT2D eigenvalue weighted by molar-refractivity contribution is 7.25. The van der Waals surface area contributed by atoms with Crippen LogP contribution in [0.2, 0.25) is 0 Å². The summed E-state index contributed by atoms with van der Waals surface area (Å²) < 4.78 is 8.60. The van der Waals surface area contributed by atoms with E-state index in [1.807, 2.05) is 188 Å². The van der Waals surface area contributed by atoms with Gasteiger partial charge in [0.1, 0.15) is 17.0 Å². The minimum atomic E-state index is -0.271. The number of pyridine rings is 1. The van der Waals surface area contributed by atoms with Crippen LogP contribution in [-0.4, -0.2) is 63.1 Å². The minimum absolute atomic E-state index is 0.00940. The highest BCUT2D eigenvalue weighted by Gasteiger charge is 2.33. The molecule has 0 bridgehead atoms. The van der Waals surface area contributed by atoms with E-state index in [-0.39, 0.29) is 50.9 Å². The number of ketones is 5. The second-order valence-electron chi connectivity index (χ2n) is 25.5. The molecule has 23 rings (SSSR count). The van der Waals surface area contributed by atoms with Gasteiger partial charge in [0.2, 0.25) is 0 Å². The molecule has 6 heterocycles. The number of carbonyl (C=O) groups is 5. The van der Waals surface area contributed by atoms with Crippen molar-refractivity contribution < 1.29 is 24.0 Å². The second-order valence-corrected chi connectivity index (χ2v) is 27.4. The quantitative estimate of drug-likeness (QED) is 0.106. The lowest BCUT2D eigenvalue weighted by atomic mass is 9.83. The summed E-state index contributed by atoms with van der Waals surface area (Å²) in [5, 5.41) is 22.7. The molecular formula is C87H45N7O9S2. The maximum Gasteiger partial charge on any atom is 0.272 e. The molecule has 0 unspecified atom stereocenters. The summed E-state index contributed by atoms with van der Waals surface area (Å²) in [6, 6.07) is 79.2. The molecule has 0 aliphatic heterocycles. The van der Waals surface area contributed by atoms with Gasteiger partial charge in [0, 0.05) is 115 Å². The monoisotopic (exact) mass is 1400 g/mol. The van der Waals surface area contributed by atoms with Crippen LogP contribution >= 0.6 is 22.9 Å². The molecule has 4 aliphatic carbocycles. The van der Waals surface area contributed by atoms with Crippen molar-refractivity contribution in [3.8, 4) is 33.8 Å². The molecule has 13 aromatic carbocycles. The SMILES string of the molecule is O=C1c2ccccc2-c2n[nH]c(=O)c3cccc1c23.O=C1c2ccccc2-c2n[nH]c3cccc1c23.O=C1c2ccccc2-c2nsc3cccc1c23.O=C1c2ccccc2C(=O)c2c1ccc1c(=O)c3ccccc3sc21.O=c1c2ccccc2c2cc3nc4ccccc4c(=O)n3c3cccc1c23. The van der Waals surface area contributed by atoms with Crippen LogP contribution in [0, 0.1) is 0 Å². The molecule has 4 aliphatic rings. The summed E-state index contributed by atoms with van der Waals surface area (Å²) >= 11 is 2.84. The Kier molecular flexibility index (Phi) is 14.2. The number of nitrogens with one attached hydrogen (secondary N) is 2. The summed E-state index contributed by atoms with van der Waals surface area (Å²) in [6.45, 7) is 0. The van der Waals surface area contributed by atoms with Gasteiger partial charge < -0.3 is 0 Å². The number of carbonyl (C=O) groups excluding carboxylic acids is 5. The van der Waals surface area contributed by atoms with Gasteiger partial charge in [-0.3, -0.25) is 52.7 Å². The third-order valence-electron chi connectivity index (χ3n) is 19.9. The number of aromatic amines is 2. The van der Waals surface area contributed by atoms with Crippen LogP contribution in [0.1, 0.15) is 79.6 Å². The van der Waals surface area contributed by atoms with Crippen LogP contribution < -0.4 is 22.0 Å². The number of para-hydroxylation sites is 1. The van der Waals surface area contributed by atoms with E-state index in [0.717, 1.165) is 92.2 Å². The summed E-state index contributed by atoms with van der Waals surface area (Å²) in [6.07, 6.45) is 0. The second kappa shape index (κ2) is 24.1. The van der Waals surface area contributed by atoms with Crippen LogP contribution in [0.4, 0.5) is 0 Å². The van der Waals surface area contributed by atoms with Gasteiger partial charge in [-0.05, 0) is 89.0 Å². The first-order chi connectivity index (χ1) is 51.4. The van der Waals surface area contributed by atoms with Gasteiger partial charge >= 0.3 is 0 Å². The first-order valence-electron chi connectivity index (χ1n) is 33.4. The number of fused-ring (bicyclic) bond motifs is 16. The van der Waals surface area contributed by atoms with Gasteiger partial charge in [0.25, 0.3) is 11.1 Å². The Morgan fingerprint density at radius 1 is 0.314 bits per heavy atom. The fourth-order valence-corrected chi connectivity index (χ4v) is 17.1. The van der Waals surface area contributed by atoms with Crippen molar-refractivity contribution in [1.82, 2.24) is 34.2 Å². The molecule has 0 saturated carbocycles. The number of hydrogen-bond acceptors (Lipinski definition) is 15. The van der Waals surface area contributed by atoms with Crippen LogP contribution in [0.15, 0.2) is 280 Å². The molecule has 0 fully saturated rings. The van der Waals surface area contributed by atoms with E-state index in [1.54, 1.807) is 77.2 Å². The molecule has 18 heteroatoms. The molecule has 0 amide bonds. The zero-order chi connectivity index (χ0) is 71.0. The number of benzene rings is 13. The number of nitrogens with zero attached hydrogens (tertiary/aromatic N) is 5. The maximum atomic E-state index is 13.2. The van der Waals surface area contributed by atoms with Crippen LogP contribution in [0.5, 0.6) is 0 Å². The van der Waals surface area contributed by atoms with Crippen molar-refractivity contribution in [3.63, 3.8) is 0 Å². The molecule has 0 spiro atoms. The topological polar surface area (TPSA) is 241 Å². The normalized spacial score (nSPS) is 12.6. The van der Waals surface area contributed by atoms with Gasteiger partial charge in [-0.2, -0.15) is 14.6 Å². The Bertz CT molecular complexity index is 7280. The van der Waals surface area contributed by atoms with Crippen LogP contribution in [0.25, 0.3) is 135 Å². The summed E-state index contributed by atoms with van der Waals surface area (Å²) in [5.41, 5.74) is 13.3. The molecule has 0 radical (unpaired) electrons. The lowest BCUT2D eigenvalue weighted by Gasteiger charge is -2.18. The van der Waals surface area contributed by atoms with E-state index >= 15 is 0 Å². The van der Waals surface area contributed by atoms with Crippen molar-refractivity contribution in [2.45, 2.75) is 0 Å². The summed E-state index contributed by atoms with van der Waals surface area (Å²) in [7, 11) is 0. The average Bonchev–Trinajstić information content (AvgIpc) is 1.45. The molecule has 16 nitrogen and oxygen atoms in total. The highest BCUT2D eigenvalue weighted by Crippen LogP contribution is 2.43. The Morgan fingerprint density at radius 3 is 1.49 bits per heavy atom. The number of aromatic nitrogens is 7. The molecule has 19 aromatic rings. The van der Waals surface area contributed by atoms with Crippen LogP contribution in [0.3, 0.4) is 0 Å². The maximum absolute atomic E-state index is 13.2. The van der Waals surface area contributed by atoms with Gasteiger partial charge in [0.15, 0.2) is 39.8 Å². The lowest BCUT2D eigenvalue weighted by Crippen LogP contribution is -2.21. The van der Waals surface area contributed by atoms with E-state index < -0.39 is 0 Å². The first-order valence-corrected chi connectivity index (χ1v) is 35.0. The molecule has 0 saturated heterocycles.